The Morgan fingerprint density at radius 3 is 2.46 bits per heavy atom. The Morgan fingerprint density at radius 1 is 1.00 bits per heavy atom. The molecule has 0 spiro atoms. The fourth-order valence-corrected chi connectivity index (χ4v) is 2.36. The van der Waals surface area contributed by atoms with E-state index in [1.807, 2.05) is 30.3 Å². The summed E-state index contributed by atoms with van der Waals surface area (Å²) in [5.74, 6) is -0.609. The van der Waals surface area contributed by atoms with Gasteiger partial charge in [0.1, 0.15) is 5.70 Å². The fourth-order valence-electron chi connectivity index (χ4n) is 2.36. The summed E-state index contributed by atoms with van der Waals surface area (Å²) in [6.07, 6.45) is 1.01. The van der Waals surface area contributed by atoms with Crippen molar-refractivity contribution in [2.75, 3.05) is 19.5 Å². The van der Waals surface area contributed by atoms with Crippen LogP contribution < -0.4 is 5.32 Å². The van der Waals surface area contributed by atoms with Gasteiger partial charge in [-0.1, -0.05) is 41.6 Å². The highest BCUT2D eigenvalue weighted by atomic mass is 16.5. The first-order valence-electron chi connectivity index (χ1n) is 8.25. The van der Waals surface area contributed by atoms with E-state index in [0.717, 1.165) is 11.6 Å². The molecule has 0 aliphatic rings. The van der Waals surface area contributed by atoms with Gasteiger partial charge in [-0.3, -0.25) is 0 Å². The molecule has 0 amide bonds. The zero-order valence-electron chi connectivity index (χ0n) is 15.2. The van der Waals surface area contributed by atoms with Gasteiger partial charge in [-0.2, -0.15) is 4.98 Å². The molecule has 0 aliphatic heterocycles. The molecule has 0 unspecified atom stereocenters. The first kappa shape index (κ1) is 18.8. The summed E-state index contributed by atoms with van der Waals surface area (Å²) < 4.78 is 14.6. The average Bonchev–Trinajstić information content (AvgIpc) is 3.24. The Kier molecular flexibility index (Phi) is 5.81. The molecule has 1 aromatic heterocycles. The molecule has 3 aromatic rings. The van der Waals surface area contributed by atoms with Gasteiger partial charge in [0, 0.05) is 16.8 Å². The van der Waals surface area contributed by atoms with Crippen LogP contribution in [0.2, 0.25) is 0 Å². The van der Waals surface area contributed by atoms with E-state index >= 15 is 0 Å². The number of nitrogens with one attached hydrogen (secondary N) is 1. The minimum absolute atomic E-state index is 0.0676. The molecule has 8 nitrogen and oxygen atoms in total. The Bertz CT molecular complexity index is 1010. The van der Waals surface area contributed by atoms with E-state index in [0.29, 0.717) is 23.0 Å². The van der Waals surface area contributed by atoms with E-state index < -0.39 is 11.9 Å². The highest BCUT2D eigenvalue weighted by molar-refractivity contribution is 5.98. The Hall–Kier alpha value is -3.94. The van der Waals surface area contributed by atoms with Crippen molar-refractivity contribution in [2.45, 2.75) is 0 Å². The average molecular weight is 379 g/mol. The predicted molar refractivity (Wildman–Crippen MR) is 101 cm³/mol. The normalized spacial score (nSPS) is 11.0. The van der Waals surface area contributed by atoms with E-state index in [2.05, 4.69) is 24.9 Å². The number of benzene rings is 2. The second kappa shape index (κ2) is 8.63. The van der Waals surface area contributed by atoms with E-state index in [1.165, 1.54) is 14.2 Å². The van der Waals surface area contributed by atoms with Gasteiger partial charge >= 0.3 is 11.9 Å². The van der Waals surface area contributed by atoms with Crippen LogP contribution in [0.1, 0.15) is 0 Å². The second-order valence-electron chi connectivity index (χ2n) is 5.57. The summed E-state index contributed by atoms with van der Waals surface area (Å²) in [6, 6.07) is 16.4. The molecule has 0 fully saturated rings. The number of hydrogen-bond donors (Lipinski definition) is 1. The zero-order valence-corrected chi connectivity index (χ0v) is 15.2. The van der Waals surface area contributed by atoms with Crippen molar-refractivity contribution in [3.63, 3.8) is 0 Å². The summed E-state index contributed by atoms with van der Waals surface area (Å²) in [5, 5.41) is 6.83. The molecular weight excluding hydrogens is 362 g/mol. The molecule has 1 N–H and O–H groups in total. The van der Waals surface area contributed by atoms with Crippen molar-refractivity contribution in [1.29, 1.82) is 0 Å². The topological polar surface area (TPSA) is 104 Å². The molecule has 0 aliphatic carbocycles. The van der Waals surface area contributed by atoms with Crippen LogP contribution >= 0.6 is 0 Å². The number of aromatic nitrogens is 2. The van der Waals surface area contributed by atoms with Gasteiger partial charge < -0.3 is 19.3 Å². The highest BCUT2D eigenvalue weighted by Crippen LogP contribution is 2.25. The number of hydrogen-bond acceptors (Lipinski definition) is 8. The van der Waals surface area contributed by atoms with E-state index in [1.54, 1.807) is 24.3 Å². The SMILES string of the molecule is COC(=O)/C=C(/Nc1cccc(-c2nc(-c3ccccc3)no2)c1)C(=O)OC. The third-order valence-electron chi connectivity index (χ3n) is 3.72. The summed E-state index contributed by atoms with van der Waals surface area (Å²) in [5.41, 5.74) is 1.93. The maximum absolute atomic E-state index is 11.9. The van der Waals surface area contributed by atoms with Crippen LogP contribution in [-0.4, -0.2) is 36.3 Å². The van der Waals surface area contributed by atoms with Crippen LogP contribution in [-0.2, 0) is 19.1 Å². The van der Waals surface area contributed by atoms with E-state index in [9.17, 15) is 9.59 Å². The Morgan fingerprint density at radius 2 is 1.75 bits per heavy atom. The van der Waals surface area contributed by atoms with Crippen molar-refractivity contribution in [3.8, 4) is 22.8 Å². The quantitative estimate of drug-likeness (QED) is 0.515. The molecule has 3 rings (SSSR count). The molecule has 2 aromatic carbocycles. The molecule has 0 radical (unpaired) electrons. The van der Waals surface area contributed by atoms with Gasteiger partial charge in [0.05, 0.1) is 20.3 Å². The number of nitrogens with zero attached hydrogens (tertiary/aromatic N) is 2. The smallest absolute Gasteiger partial charge is 0.354 e. The summed E-state index contributed by atoms with van der Waals surface area (Å²) in [6.45, 7) is 0. The van der Waals surface area contributed by atoms with Gasteiger partial charge in [-0.05, 0) is 18.2 Å². The Labute approximate surface area is 160 Å². The largest absolute Gasteiger partial charge is 0.466 e. The van der Waals surface area contributed by atoms with Crippen LogP contribution in [0.3, 0.4) is 0 Å². The number of carbonyl (C=O) groups excluding carboxylic acids is 2. The number of methoxy groups -OCH3 is 2. The molecular formula is C20H17N3O5. The van der Waals surface area contributed by atoms with Crippen molar-refractivity contribution in [3.05, 3.63) is 66.4 Å². The van der Waals surface area contributed by atoms with E-state index in [4.69, 9.17) is 4.52 Å². The number of carbonyl (C=O) groups is 2. The van der Waals surface area contributed by atoms with Crippen molar-refractivity contribution >= 4 is 17.6 Å². The lowest BCUT2D eigenvalue weighted by atomic mass is 10.2. The van der Waals surface area contributed by atoms with Crippen LogP contribution in [0.25, 0.3) is 22.8 Å². The number of rotatable bonds is 6. The summed E-state index contributed by atoms with van der Waals surface area (Å²) >= 11 is 0. The van der Waals surface area contributed by atoms with Gasteiger partial charge in [0.15, 0.2) is 0 Å². The number of ether oxygens (including phenoxy) is 2. The van der Waals surface area contributed by atoms with E-state index in [-0.39, 0.29) is 5.70 Å². The van der Waals surface area contributed by atoms with Crippen molar-refractivity contribution < 1.29 is 23.6 Å². The zero-order chi connectivity index (χ0) is 19.9. The number of anilines is 1. The molecule has 0 atom stereocenters. The van der Waals surface area contributed by atoms with Crippen molar-refractivity contribution in [2.24, 2.45) is 0 Å². The first-order valence-corrected chi connectivity index (χ1v) is 8.25. The van der Waals surface area contributed by atoms with Crippen LogP contribution in [0.5, 0.6) is 0 Å². The summed E-state index contributed by atoms with van der Waals surface area (Å²) in [4.78, 5) is 27.8. The lowest BCUT2D eigenvalue weighted by Crippen LogP contribution is -2.15. The predicted octanol–water partition coefficient (Wildman–Crippen LogP) is 3.05. The third kappa shape index (κ3) is 4.42. The number of esters is 2. The van der Waals surface area contributed by atoms with Crippen LogP contribution in [0, 0.1) is 0 Å². The standard InChI is InChI=1S/C20H17N3O5/c1-26-17(24)12-16(20(25)27-2)21-15-10-6-9-14(11-15)19-22-18(23-28-19)13-7-4-3-5-8-13/h3-12,21H,1-2H3/b16-12+. The van der Waals surface area contributed by atoms with Crippen LogP contribution in [0.4, 0.5) is 5.69 Å². The van der Waals surface area contributed by atoms with Gasteiger partial charge in [0.2, 0.25) is 5.82 Å². The van der Waals surface area contributed by atoms with Gasteiger partial charge in [-0.15, -0.1) is 0 Å². The van der Waals surface area contributed by atoms with Gasteiger partial charge in [-0.25, -0.2) is 9.59 Å². The summed E-state index contributed by atoms with van der Waals surface area (Å²) in [7, 11) is 2.43. The fraction of sp³-hybridized carbons (Fsp3) is 0.100. The van der Waals surface area contributed by atoms with Crippen molar-refractivity contribution in [1.82, 2.24) is 10.1 Å². The molecule has 0 saturated heterocycles. The maximum atomic E-state index is 11.9. The molecule has 1 heterocycles. The second-order valence-corrected chi connectivity index (χ2v) is 5.57. The Balaban J connectivity index is 1.86. The molecule has 8 heteroatoms. The highest BCUT2D eigenvalue weighted by Gasteiger charge is 2.15. The van der Waals surface area contributed by atoms with Gasteiger partial charge in [0.25, 0.3) is 5.89 Å². The molecule has 142 valence electrons. The first-order chi connectivity index (χ1) is 13.6. The van der Waals surface area contributed by atoms with Crippen LogP contribution in [0.15, 0.2) is 70.9 Å². The minimum Gasteiger partial charge on any atom is -0.466 e. The molecule has 0 bridgehead atoms. The molecule has 28 heavy (non-hydrogen) atoms. The minimum atomic E-state index is -0.708. The molecule has 0 saturated carbocycles. The monoisotopic (exact) mass is 379 g/mol. The maximum Gasteiger partial charge on any atom is 0.354 e. The lowest BCUT2D eigenvalue weighted by Gasteiger charge is -2.09. The lowest BCUT2D eigenvalue weighted by molar-refractivity contribution is -0.138. The third-order valence-corrected chi connectivity index (χ3v) is 3.72.